The van der Waals surface area contributed by atoms with Crippen molar-refractivity contribution in [3.63, 3.8) is 0 Å². The van der Waals surface area contributed by atoms with Crippen molar-refractivity contribution in [1.82, 2.24) is 9.55 Å². The Kier molecular flexibility index (Phi) is 3.30. The molecule has 2 aromatic rings. The van der Waals surface area contributed by atoms with Crippen LogP contribution < -0.4 is 10.1 Å². The first-order chi connectivity index (χ1) is 9.79. The molecule has 0 fully saturated rings. The largest absolute Gasteiger partial charge is 0.485 e. The van der Waals surface area contributed by atoms with Crippen LogP contribution in [0, 0.1) is 18.3 Å². The molecule has 3 rings (SSSR count). The van der Waals surface area contributed by atoms with Gasteiger partial charge in [0.05, 0.1) is 0 Å². The molecule has 1 aliphatic rings. The molecule has 2 heterocycles. The number of hydrogen-bond acceptors (Lipinski definition) is 4. The van der Waals surface area contributed by atoms with Gasteiger partial charge in [0.1, 0.15) is 30.1 Å². The van der Waals surface area contributed by atoms with E-state index in [1.165, 1.54) is 0 Å². The zero-order valence-corrected chi connectivity index (χ0v) is 11.4. The van der Waals surface area contributed by atoms with Gasteiger partial charge in [-0.1, -0.05) is 18.2 Å². The van der Waals surface area contributed by atoms with E-state index in [0.29, 0.717) is 12.3 Å². The van der Waals surface area contributed by atoms with Crippen LogP contribution in [-0.2, 0) is 13.2 Å². The summed E-state index contributed by atoms with van der Waals surface area (Å²) in [5, 5.41) is 12.4. The molecule has 1 N–H and O–H groups in total. The fraction of sp³-hybridized carbons (Fsp3) is 0.333. The van der Waals surface area contributed by atoms with Crippen LogP contribution >= 0.6 is 0 Å². The van der Waals surface area contributed by atoms with Gasteiger partial charge in [-0.2, -0.15) is 5.26 Å². The Balaban J connectivity index is 1.83. The normalized spacial score (nSPS) is 13.2. The van der Waals surface area contributed by atoms with Crippen molar-refractivity contribution in [1.29, 1.82) is 5.26 Å². The summed E-state index contributed by atoms with van der Waals surface area (Å²) in [6, 6.07) is 10.0. The lowest BCUT2D eigenvalue weighted by Gasteiger charge is -2.18. The van der Waals surface area contributed by atoms with E-state index in [1.807, 2.05) is 35.8 Å². The summed E-state index contributed by atoms with van der Waals surface area (Å²) in [7, 11) is 0. The molecule has 102 valence electrons. The Hall–Kier alpha value is -2.48. The minimum Gasteiger partial charge on any atom is -0.485 e. The maximum Gasteiger partial charge on any atom is 0.183 e. The molecule has 0 radical (unpaired) electrons. The van der Waals surface area contributed by atoms with E-state index in [-0.39, 0.29) is 0 Å². The first kappa shape index (κ1) is 12.5. The number of nitrogens with one attached hydrogen (secondary N) is 1. The molecule has 0 aliphatic carbocycles. The van der Waals surface area contributed by atoms with Crippen LogP contribution in [0.25, 0.3) is 0 Å². The second-order valence-corrected chi connectivity index (χ2v) is 4.82. The van der Waals surface area contributed by atoms with Crippen LogP contribution in [-0.4, -0.2) is 16.1 Å². The number of rotatable bonds is 3. The van der Waals surface area contributed by atoms with E-state index in [9.17, 15) is 0 Å². The molecule has 0 amide bonds. The Morgan fingerprint density at radius 2 is 2.30 bits per heavy atom. The highest BCUT2D eigenvalue weighted by Gasteiger charge is 2.19. The topological polar surface area (TPSA) is 62.9 Å². The molecule has 0 saturated heterocycles. The summed E-state index contributed by atoms with van der Waals surface area (Å²) in [5.41, 5.74) is 1.55. The van der Waals surface area contributed by atoms with Crippen LogP contribution in [0.2, 0.25) is 0 Å². The quantitative estimate of drug-likeness (QED) is 0.928. The number of anilines is 1. The first-order valence-corrected chi connectivity index (χ1v) is 6.71. The third-order valence-corrected chi connectivity index (χ3v) is 3.45. The highest BCUT2D eigenvalue weighted by Crippen LogP contribution is 2.23. The summed E-state index contributed by atoms with van der Waals surface area (Å²) >= 11 is 0. The van der Waals surface area contributed by atoms with Crippen molar-refractivity contribution in [2.75, 3.05) is 11.9 Å². The van der Waals surface area contributed by atoms with Gasteiger partial charge in [0.25, 0.3) is 0 Å². The molecular formula is C15H16N4O. The lowest BCUT2D eigenvalue weighted by Crippen LogP contribution is -2.19. The van der Waals surface area contributed by atoms with E-state index in [4.69, 9.17) is 10.00 Å². The van der Waals surface area contributed by atoms with Gasteiger partial charge in [-0.05, 0) is 25.0 Å². The standard InChI is InChI=1S/C15H16N4O/c1-11-5-2-3-6-13(11)20-10-14-18-12(9-16)15-17-7-4-8-19(14)15/h2-3,5-6,17H,4,7-8,10H2,1H3. The minimum absolute atomic E-state index is 0.376. The predicted molar refractivity (Wildman–Crippen MR) is 75.6 cm³/mol. The molecule has 0 bridgehead atoms. The van der Waals surface area contributed by atoms with Crippen LogP contribution in [0.3, 0.4) is 0 Å². The van der Waals surface area contributed by atoms with Gasteiger partial charge in [-0.25, -0.2) is 4.98 Å². The highest BCUT2D eigenvalue weighted by molar-refractivity contribution is 5.51. The third-order valence-electron chi connectivity index (χ3n) is 3.45. The van der Waals surface area contributed by atoms with E-state index in [2.05, 4.69) is 16.4 Å². The van der Waals surface area contributed by atoms with E-state index >= 15 is 0 Å². The number of nitrogens with zero attached hydrogens (tertiary/aromatic N) is 3. The molecule has 0 saturated carbocycles. The smallest absolute Gasteiger partial charge is 0.183 e. The molecule has 5 nitrogen and oxygen atoms in total. The number of hydrogen-bond donors (Lipinski definition) is 1. The maximum atomic E-state index is 9.13. The molecular weight excluding hydrogens is 252 g/mol. The van der Waals surface area contributed by atoms with Crippen molar-refractivity contribution in [2.45, 2.75) is 26.5 Å². The van der Waals surface area contributed by atoms with Gasteiger partial charge in [0.15, 0.2) is 5.69 Å². The fourth-order valence-electron chi connectivity index (χ4n) is 2.41. The average Bonchev–Trinajstić information content (AvgIpc) is 2.85. The monoisotopic (exact) mass is 268 g/mol. The average molecular weight is 268 g/mol. The summed E-state index contributed by atoms with van der Waals surface area (Å²) in [6.07, 6.45) is 1.03. The third kappa shape index (κ3) is 2.21. The summed E-state index contributed by atoms with van der Waals surface area (Å²) in [6.45, 7) is 4.15. The number of nitriles is 1. The van der Waals surface area contributed by atoms with Crippen molar-refractivity contribution >= 4 is 5.82 Å². The van der Waals surface area contributed by atoms with E-state index in [0.717, 1.165) is 42.5 Å². The van der Waals surface area contributed by atoms with Crippen LogP contribution in [0.1, 0.15) is 23.5 Å². The van der Waals surface area contributed by atoms with Crippen molar-refractivity contribution < 1.29 is 4.74 Å². The second-order valence-electron chi connectivity index (χ2n) is 4.82. The fourth-order valence-corrected chi connectivity index (χ4v) is 2.41. The van der Waals surface area contributed by atoms with Gasteiger partial charge in [-0.3, -0.25) is 0 Å². The lowest BCUT2D eigenvalue weighted by atomic mass is 10.2. The van der Waals surface area contributed by atoms with Gasteiger partial charge < -0.3 is 14.6 Å². The van der Waals surface area contributed by atoms with Gasteiger partial charge in [0, 0.05) is 13.1 Å². The summed E-state index contributed by atoms with van der Waals surface area (Å²) in [4.78, 5) is 4.37. The number of ether oxygens (including phenoxy) is 1. The number of para-hydroxylation sites is 1. The number of fused-ring (bicyclic) bond motifs is 1. The molecule has 1 aliphatic heterocycles. The Morgan fingerprint density at radius 1 is 1.45 bits per heavy atom. The Labute approximate surface area is 117 Å². The second kappa shape index (κ2) is 5.25. The highest BCUT2D eigenvalue weighted by atomic mass is 16.5. The summed E-state index contributed by atoms with van der Waals surface area (Å²) in [5.74, 6) is 2.47. The SMILES string of the molecule is Cc1ccccc1OCc1nc(C#N)c2n1CCCN2. The molecule has 1 aromatic heterocycles. The molecule has 20 heavy (non-hydrogen) atoms. The minimum atomic E-state index is 0.376. The lowest BCUT2D eigenvalue weighted by molar-refractivity contribution is 0.287. The van der Waals surface area contributed by atoms with Gasteiger partial charge in [0.2, 0.25) is 0 Å². The van der Waals surface area contributed by atoms with Gasteiger partial charge in [-0.15, -0.1) is 0 Å². The number of aryl methyl sites for hydroxylation is 1. The predicted octanol–water partition coefficient (Wildman–Crippen LogP) is 2.46. The maximum absolute atomic E-state index is 9.13. The van der Waals surface area contributed by atoms with Crippen LogP contribution in [0.15, 0.2) is 24.3 Å². The molecule has 5 heteroatoms. The van der Waals surface area contributed by atoms with Crippen molar-refractivity contribution in [3.8, 4) is 11.8 Å². The zero-order valence-electron chi connectivity index (χ0n) is 11.4. The summed E-state index contributed by atoms with van der Waals surface area (Å²) < 4.78 is 7.87. The Morgan fingerprint density at radius 3 is 3.10 bits per heavy atom. The van der Waals surface area contributed by atoms with Crippen LogP contribution in [0.4, 0.5) is 5.82 Å². The number of benzene rings is 1. The van der Waals surface area contributed by atoms with Crippen molar-refractivity contribution in [3.05, 3.63) is 41.3 Å². The number of aromatic nitrogens is 2. The van der Waals surface area contributed by atoms with E-state index < -0.39 is 0 Å². The zero-order chi connectivity index (χ0) is 13.9. The molecule has 0 atom stereocenters. The van der Waals surface area contributed by atoms with E-state index in [1.54, 1.807) is 0 Å². The van der Waals surface area contributed by atoms with Gasteiger partial charge >= 0.3 is 0 Å². The number of imidazole rings is 1. The van der Waals surface area contributed by atoms with Crippen LogP contribution in [0.5, 0.6) is 5.75 Å². The molecule has 0 unspecified atom stereocenters. The molecule has 0 spiro atoms. The Bertz CT molecular complexity index is 669. The molecule has 1 aromatic carbocycles. The van der Waals surface area contributed by atoms with Crippen molar-refractivity contribution in [2.24, 2.45) is 0 Å². The first-order valence-electron chi connectivity index (χ1n) is 6.71.